The summed E-state index contributed by atoms with van der Waals surface area (Å²) < 4.78 is 0. The molecule has 1 saturated heterocycles. The summed E-state index contributed by atoms with van der Waals surface area (Å²) in [6.45, 7) is 3.07. The van der Waals surface area contributed by atoms with Crippen LogP contribution in [0.2, 0.25) is 0 Å². The number of nitrogens with one attached hydrogen (secondary N) is 1. The molecule has 1 aliphatic heterocycles. The molecule has 0 spiro atoms. The number of carbonyl (C=O) groups is 2. The van der Waals surface area contributed by atoms with Crippen LogP contribution in [0.4, 0.5) is 0 Å². The summed E-state index contributed by atoms with van der Waals surface area (Å²) in [6, 6.07) is 16.3. The average molecular weight is 378 g/mol. The second-order valence-electron chi connectivity index (χ2n) is 7.17. The van der Waals surface area contributed by atoms with Gasteiger partial charge < -0.3 is 15.3 Å². The zero-order chi connectivity index (χ0) is 19.9. The number of phenolic OH excluding ortho intramolecular Hbond substituents is 1. The molecule has 0 radical (unpaired) electrons. The van der Waals surface area contributed by atoms with Crippen LogP contribution >= 0.6 is 0 Å². The van der Waals surface area contributed by atoms with Gasteiger partial charge in [-0.15, -0.1) is 0 Å². The third-order valence-corrected chi connectivity index (χ3v) is 5.13. The zero-order valence-corrected chi connectivity index (χ0v) is 16.0. The minimum atomic E-state index is -0.557. The largest absolute Gasteiger partial charge is 0.508 e. The molecule has 28 heavy (non-hydrogen) atoms. The van der Waals surface area contributed by atoms with Gasteiger partial charge in [0.25, 0.3) is 0 Å². The predicted molar refractivity (Wildman–Crippen MR) is 110 cm³/mol. The smallest absolute Gasteiger partial charge is 0.244 e. The molecule has 146 valence electrons. The molecule has 0 bridgehead atoms. The van der Waals surface area contributed by atoms with Crippen molar-refractivity contribution in [3.05, 3.63) is 71.8 Å². The molecule has 5 heteroatoms. The van der Waals surface area contributed by atoms with Gasteiger partial charge in [0.15, 0.2) is 0 Å². The van der Waals surface area contributed by atoms with E-state index in [1.54, 1.807) is 25.1 Å². The summed E-state index contributed by atoms with van der Waals surface area (Å²) in [4.78, 5) is 26.6. The van der Waals surface area contributed by atoms with E-state index in [0.717, 1.165) is 18.4 Å². The fourth-order valence-electron chi connectivity index (χ4n) is 3.51. The number of piperidine rings is 1. The van der Waals surface area contributed by atoms with Crippen molar-refractivity contribution in [2.45, 2.75) is 31.7 Å². The third kappa shape index (κ3) is 5.22. The Morgan fingerprint density at radius 3 is 2.36 bits per heavy atom. The molecule has 5 nitrogen and oxygen atoms in total. The molecule has 0 saturated carbocycles. The molecular formula is C23H26N2O3. The minimum absolute atomic E-state index is 0.0504. The van der Waals surface area contributed by atoms with Crippen molar-refractivity contribution in [1.29, 1.82) is 0 Å². The lowest BCUT2D eigenvalue weighted by Gasteiger charge is -2.33. The monoisotopic (exact) mass is 378 g/mol. The summed E-state index contributed by atoms with van der Waals surface area (Å²) >= 11 is 0. The van der Waals surface area contributed by atoms with Gasteiger partial charge in [0.2, 0.25) is 11.8 Å². The van der Waals surface area contributed by atoms with Crippen molar-refractivity contribution < 1.29 is 14.7 Å². The van der Waals surface area contributed by atoms with Crippen LogP contribution in [0.25, 0.3) is 6.08 Å². The molecule has 2 N–H and O–H groups in total. The van der Waals surface area contributed by atoms with Crippen LogP contribution in [0.5, 0.6) is 5.75 Å². The van der Waals surface area contributed by atoms with E-state index in [1.165, 1.54) is 11.6 Å². The molecule has 1 unspecified atom stereocenters. The number of nitrogens with zero attached hydrogens (tertiary/aromatic N) is 1. The molecule has 1 aliphatic rings. The molecule has 1 fully saturated rings. The fraction of sp³-hybridized carbons (Fsp3) is 0.304. The molecule has 0 aliphatic carbocycles. The van der Waals surface area contributed by atoms with E-state index in [-0.39, 0.29) is 17.6 Å². The number of amides is 2. The fourth-order valence-corrected chi connectivity index (χ4v) is 3.51. The Hall–Kier alpha value is -3.08. The van der Waals surface area contributed by atoms with Gasteiger partial charge in [-0.3, -0.25) is 9.59 Å². The van der Waals surface area contributed by atoms with Gasteiger partial charge in [-0.25, -0.2) is 0 Å². The number of hydrogen-bond acceptors (Lipinski definition) is 3. The summed E-state index contributed by atoms with van der Waals surface area (Å²) in [5.74, 6) is 0.333. The Labute approximate surface area is 165 Å². The van der Waals surface area contributed by atoms with Crippen LogP contribution < -0.4 is 5.32 Å². The number of phenols is 1. The number of aromatic hydroxyl groups is 1. The summed E-state index contributed by atoms with van der Waals surface area (Å²) in [7, 11) is 0. The number of hydrogen-bond donors (Lipinski definition) is 2. The van der Waals surface area contributed by atoms with Crippen LogP contribution in [-0.4, -0.2) is 41.0 Å². The molecule has 3 rings (SSSR count). The highest BCUT2D eigenvalue weighted by Gasteiger charge is 2.27. The summed E-state index contributed by atoms with van der Waals surface area (Å²) in [5.41, 5.74) is 2.13. The van der Waals surface area contributed by atoms with Crippen molar-refractivity contribution in [2.24, 2.45) is 0 Å². The highest BCUT2D eigenvalue weighted by atomic mass is 16.3. The Morgan fingerprint density at radius 1 is 1.07 bits per heavy atom. The van der Waals surface area contributed by atoms with Gasteiger partial charge in [0.1, 0.15) is 11.8 Å². The maximum atomic E-state index is 12.6. The van der Waals surface area contributed by atoms with Gasteiger partial charge in [-0.05, 0) is 55.0 Å². The van der Waals surface area contributed by atoms with Gasteiger partial charge >= 0.3 is 0 Å². The molecule has 1 heterocycles. The van der Waals surface area contributed by atoms with E-state index in [1.807, 2.05) is 47.4 Å². The second kappa shape index (κ2) is 9.22. The maximum absolute atomic E-state index is 12.6. The van der Waals surface area contributed by atoms with Crippen molar-refractivity contribution >= 4 is 17.9 Å². The lowest BCUT2D eigenvalue weighted by atomic mass is 9.89. The Bertz CT molecular complexity index is 823. The van der Waals surface area contributed by atoms with E-state index < -0.39 is 6.04 Å². The van der Waals surface area contributed by atoms with Crippen molar-refractivity contribution in [2.75, 3.05) is 13.1 Å². The lowest BCUT2D eigenvalue weighted by molar-refractivity contribution is -0.136. The van der Waals surface area contributed by atoms with Crippen LogP contribution in [0.15, 0.2) is 60.7 Å². The predicted octanol–water partition coefficient (Wildman–Crippen LogP) is 3.32. The van der Waals surface area contributed by atoms with Crippen molar-refractivity contribution in [3.63, 3.8) is 0 Å². The summed E-state index contributed by atoms with van der Waals surface area (Å²) in [6.07, 6.45) is 4.95. The normalized spacial score (nSPS) is 16.1. The van der Waals surface area contributed by atoms with Gasteiger partial charge in [0.05, 0.1) is 0 Å². The minimum Gasteiger partial charge on any atom is -0.508 e. The SMILES string of the molecule is CC(NC(=O)/C=C/c1ccccc1)C(=O)N1CCC(c2ccc(O)cc2)CC1. The van der Waals surface area contributed by atoms with Gasteiger partial charge in [0, 0.05) is 19.2 Å². The maximum Gasteiger partial charge on any atom is 0.244 e. The zero-order valence-electron chi connectivity index (χ0n) is 16.0. The van der Waals surface area contributed by atoms with E-state index in [0.29, 0.717) is 19.0 Å². The molecule has 0 aromatic heterocycles. The lowest BCUT2D eigenvalue weighted by Crippen LogP contribution is -2.48. The van der Waals surface area contributed by atoms with Crippen LogP contribution in [0, 0.1) is 0 Å². The number of carbonyl (C=O) groups excluding carboxylic acids is 2. The average Bonchev–Trinajstić information content (AvgIpc) is 2.73. The molecule has 1 atom stereocenters. The van der Waals surface area contributed by atoms with E-state index in [9.17, 15) is 14.7 Å². The third-order valence-electron chi connectivity index (χ3n) is 5.13. The highest BCUT2D eigenvalue weighted by Crippen LogP contribution is 2.29. The second-order valence-corrected chi connectivity index (χ2v) is 7.17. The number of likely N-dealkylation sites (tertiary alicyclic amines) is 1. The molecule has 2 aromatic carbocycles. The van der Waals surface area contributed by atoms with Crippen molar-refractivity contribution in [3.8, 4) is 5.75 Å². The number of benzene rings is 2. The first-order valence-electron chi connectivity index (χ1n) is 9.64. The quantitative estimate of drug-likeness (QED) is 0.784. The standard InChI is InChI=1S/C23H26N2O3/c1-17(24-22(27)12-7-18-5-3-2-4-6-18)23(28)25-15-13-20(14-16-25)19-8-10-21(26)11-9-19/h2-12,17,20,26H,13-16H2,1H3,(H,24,27)/b12-7+. The van der Waals surface area contributed by atoms with Gasteiger partial charge in [-0.1, -0.05) is 42.5 Å². The molecule has 2 aromatic rings. The van der Waals surface area contributed by atoms with E-state index >= 15 is 0 Å². The topological polar surface area (TPSA) is 69.6 Å². The molecule has 2 amide bonds. The van der Waals surface area contributed by atoms with Crippen LogP contribution in [-0.2, 0) is 9.59 Å². The first kappa shape index (κ1) is 19.7. The Kier molecular flexibility index (Phi) is 6.48. The Morgan fingerprint density at radius 2 is 1.71 bits per heavy atom. The first-order chi connectivity index (χ1) is 13.5. The van der Waals surface area contributed by atoms with E-state index in [2.05, 4.69) is 5.32 Å². The number of rotatable bonds is 5. The van der Waals surface area contributed by atoms with Crippen LogP contribution in [0.3, 0.4) is 0 Å². The Balaban J connectivity index is 1.48. The van der Waals surface area contributed by atoms with Crippen molar-refractivity contribution in [1.82, 2.24) is 10.2 Å². The summed E-state index contributed by atoms with van der Waals surface area (Å²) in [5, 5.41) is 12.2. The van der Waals surface area contributed by atoms with Crippen LogP contribution in [0.1, 0.15) is 36.8 Å². The van der Waals surface area contributed by atoms with E-state index in [4.69, 9.17) is 0 Å². The van der Waals surface area contributed by atoms with Gasteiger partial charge in [-0.2, -0.15) is 0 Å². The first-order valence-corrected chi connectivity index (χ1v) is 9.64. The highest BCUT2D eigenvalue weighted by molar-refractivity contribution is 5.95. The molecular weight excluding hydrogens is 352 g/mol.